The summed E-state index contributed by atoms with van der Waals surface area (Å²) < 4.78 is 38.8. The van der Waals surface area contributed by atoms with Crippen LogP contribution in [0.15, 0.2) is 30.5 Å². The molecule has 0 aliphatic carbocycles. The van der Waals surface area contributed by atoms with Gasteiger partial charge in [-0.15, -0.1) is 0 Å². The number of aliphatic hydroxyl groups excluding tert-OH is 1. The summed E-state index contributed by atoms with van der Waals surface area (Å²) in [5.41, 5.74) is 0.688. The van der Waals surface area contributed by atoms with Gasteiger partial charge in [0, 0.05) is 18.6 Å². The van der Waals surface area contributed by atoms with E-state index in [1.165, 1.54) is 16.8 Å². The summed E-state index contributed by atoms with van der Waals surface area (Å²) >= 11 is 6.07. The van der Waals surface area contributed by atoms with Crippen molar-refractivity contribution in [2.45, 2.75) is 19.1 Å². The van der Waals surface area contributed by atoms with Crippen molar-refractivity contribution in [1.82, 2.24) is 9.78 Å². The molecule has 1 aromatic heterocycles. The molecule has 0 aliphatic rings. The topological polar surface area (TPSA) is 38.1 Å². The molecule has 3 nitrogen and oxygen atoms in total. The summed E-state index contributed by atoms with van der Waals surface area (Å²) in [4.78, 5) is 0. The number of aromatic nitrogens is 2. The lowest BCUT2D eigenvalue weighted by molar-refractivity contribution is -0.137. The number of nitrogens with zero attached hydrogens (tertiary/aromatic N) is 2. The van der Waals surface area contributed by atoms with Crippen LogP contribution in [-0.4, -0.2) is 21.5 Å². The highest BCUT2D eigenvalue weighted by atomic mass is 35.5. The van der Waals surface area contributed by atoms with Crippen LogP contribution in [0.5, 0.6) is 0 Å². The van der Waals surface area contributed by atoms with Crippen molar-refractivity contribution >= 4 is 11.6 Å². The predicted molar refractivity (Wildman–Crippen MR) is 68.6 cm³/mol. The molecule has 1 N–H and O–H groups in total. The van der Waals surface area contributed by atoms with Crippen molar-refractivity contribution in [1.29, 1.82) is 0 Å². The van der Waals surface area contributed by atoms with Crippen molar-refractivity contribution in [3.8, 4) is 0 Å². The molecule has 0 radical (unpaired) electrons. The Morgan fingerprint density at radius 1 is 1.20 bits per heavy atom. The highest BCUT2D eigenvalue weighted by Gasteiger charge is 2.29. The predicted octanol–water partition coefficient (Wildman–Crippen LogP) is 3.14. The fourth-order valence-electron chi connectivity index (χ4n) is 1.78. The number of halogens is 4. The fourth-order valence-corrected chi connectivity index (χ4v) is 2.03. The number of aliphatic hydroxyl groups is 1. The molecule has 0 atom stereocenters. The molecule has 0 amide bonds. The van der Waals surface area contributed by atoms with E-state index >= 15 is 0 Å². The van der Waals surface area contributed by atoms with Crippen LogP contribution in [0.4, 0.5) is 13.2 Å². The Bertz CT molecular complexity index is 578. The maximum atomic E-state index is 12.4. The molecule has 108 valence electrons. The molecule has 7 heteroatoms. The van der Waals surface area contributed by atoms with E-state index in [1.807, 2.05) is 0 Å². The van der Waals surface area contributed by atoms with Gasteiger partial charge < -0.3 is 5.11 Å². The van der Waals surface area contributed by atoms with Crippen LogP contribution in [0.1, 0.15) is 16.7 Å². The molecule has 0 saturated carbocycles. The third-order valence-electron chi connectivity index (χ3n) is 2.84. The third kappa shape index (κ3) is 3.32. The van der Waals surface area contributed by atoms with Gasteiger partial charge in [-0.25, -0.2) is 4.68 Å². The fraction of sp³-hybridized carbons (Fsp3) is 0.308. The molecule has 20 heavy (non-hydrogen) atoms. The maximum absolute atomic E-state index is 12.4. The van der Waals surface area contributed by atoms with Gasteiger partial charge in [0.05, 0.1) is 18.3 Å². The van der Waals surface area contributed by atoms with Crippen molar-refractivity contribution < 1.29 is 18.3 Å². The van der Waals surface area contributed by atoms with E-state index in [2.05, 4.69) is 5.10 Å². The van der Waals surface area contributed by atoms with Gasteiger partial charge in [0.2, 0.25) is 0 Å². The first kappa shape index (κ1) is 14.9. The van der Waals surface area contributed by atoms with Crippen molar-refractivity contribution in [3.05, 3.63) is 52.3 Å². The lowest BCUT2D eigenvalue weighted by atomic mass is 10.1. The summed E-state index contributed by atoms with van der Waals surface area (Å²) in [5.74, 6) is 0. The van der Waals surface area contributed by atoms with E-state index in [1.54, 1.807) is 6.20 Å². The number of rotatable bonds is 4. The van der Waals surface area contributed by atoms with E-state index in [9.17, 15) is 13.2 Å². The minimum absolute atomic E-state index is 0.0360. The zero-order chi connectivity index (χ0) is 14.8. The van der Waals surface area contributed by atoms with Crippen molar-refractivity contribution in [2.75, 3.05) is 6.61 Å². The molecule has 0 bridgehead atoms. The van der Waals surface area contributed by atoms with Gasteiger partial charge >= 0.3 is 6.18 Å². The summed E-state index contributed by atoms with van der Waals surface area (Å²) in [6.07, 6.45) is -2.40. The van der Waals surface area contributed by atoms with E-state index in [-0.39, 0.29) is 13.2 Å². The van der Waals surface area contributed by atoms with Gasteiger partial charge in [-0.3, -0.25) is 0 Å². The molecule has 2 aromatic rings. The summed E-state index contributed by atoms with van der Waals surface area (Å²) in [5, 5.41) is 13.3. The monoisotopic (exact) mass is 304 g/mol. The third-order valence-corrected chi connectivity index (χ3v) is 3.28. The number of hydrogen-bond acceptors (Lipinski definition) is 2. The van der Waals surface area contributed by atoms with Gasteiger partial charge in [-0.05, 0) is 17.7 Å². The molecule has 0 saturated heterocycles. The smallest absolute Gasteiger partial charge is 0.396 e. The Morgan fingerprint density at radius 2 is 1.85 bits per heavy atom. The standard InChI is InChI=1S/C13H12ClF3N2O/c14-12-10(5-6-20)7-18-19(12)8-9-1-3-11(4-2-9)13(15,16)17/h1-4,7,20H,5-6,8H2. The van der Waals surface area contributed by atoms with Crippen molar-refractivity contribution in [2.24, 2.45) is 0 Å². The number of benzene rings is 1. The Kier molecular flexibility index (Phi) is 4.35. The Balaban J connectivity index is 2.14. The van der Waals surface area contributed by atoms with Gasteiger partial charge in [-0.1, -0.05) is 23.7 Å². The molecule has 2 rings (SSSR count). The molecule has 0 fully saturated rings. The molecule has 1 heterocycles. The molecule has 0 spiro atoms. The minimum Gasteiger partial charge on any atom is -0.396 e. The van der Waals surface area contributed by atoms with Crippen LogP contribution in [0.25, 0.3) is 0 Å². The summed E-state index contributed by atoms with van der Waals surface area (Å²) in [6.45, 7) is 0.244. The Labute approximate surface area is 118 Å². The SMILES string of the molecule is OCCc1cnn(Cc2ccc(C(F)(F)F)cc2)c1Cl. The zero-order valence-electron chi connectivity index (χ0n) is 10.4. The Hall–Kier alpha value is -1.53. The molecule has 0 unspecified atom stereocenters. The second-order valence-electron chi connectivity index (χ2n) is 4.29. The summed E-state index contributed by atoms with van der Waals surface area (Å²) in [7, 11) is 0. The summed E-state index contributed by atoms with van der Waals surface area (Å²) in [6, 6.07) is 4.85. The Morgan fingerprint density at radius 3 is 2.40 bits per heavy atom. The van der Waals surface area contributed by atoms with Gasteiger partial charge in [0.1, 0.15) is 5.15 Å². The van der Waals surface area contributed by atoms with E-state index < -0.39 is 11.7 Å². The normalized spacial score (nSPS) is 11.8. The van der Waals surface area contributed by atoms with Gasteiger partial charge in [0.25, 0.3) is 0 Å². The molecule has 0 aliphatic heterocycles. The van der Waals surface area contributed by atoms with Crippen LogP contribution in [0.3, 0.4) is 0 Å². The first-order chi connectivity index (χ1) is 9.41. The first-order valence-electron chi connectivity index (χ1n) is 5.89. The molecular formula is C13H12ClF3N2O. The molecule has 1 aromatic carbocycles. The quantitative estimate of drug-likeness (QED) is 0.942. The highest BCUT2D eigenvalue weighted by molar-refractivity contribution is 6.30. The lowest BCUT2D eigenvalue weighted by Gasteiger charge is -2.08. The van der Waals surface area contributed by atoms with Gasteiger partial charge in [-0.2, -0.15) is 18.3 Å². The second-order valence-corrected chi connectivity index (χ2v) is 4.64. The molecular weight excluding hydrogens is 293 g/mol. The second kappa shape index (κ2) is 5.85. The van der Waals surface area contributed by atoms with E-state index in [0.29, 0.717) is 22.7 Å². The van der Waals surface area contributed by atoms with Crippen LogP contribution in [0.2, 0.25) is 5.15 Å². The van der Waals surface area contributed by atoms with E-state index in [4.69, 9.17) is 16.7 Å². The lowest BCUT2D eigenvalue weighted by Crippen LogP contribution is -2.06. The zero-order valence-corrected chi connectivity index (χ0v) is 11.1. The average Bonchev–Trinajstić information content (AvgIpc) is 2.72. The first-order valence-corrected chi connectivity index (χ1v) is 6.27. The van der Waals surface area contributed by atoms with E-state index in [0.717, 1.165) is 12.1 Å². The number of hydrogen-bond donors (Lipinski definition) is 1. The van der Waals surface area contributed by atoms with Crippen molar-refractivity contribution in [3.63, 3.8) is 0 Å². The van der Waals surface area contributed by atoms with Crippen LogP contribution in [0, 0.1) is 0 Å². The largest absolute Gasteiger partial charge is 0.416 e. The van der Waals surface area contributed by atoms with Crippen LogP contribution >= 0.6 is 11.6 Å². The van der Waals surface area contributed by atoms with Gasteiger partial charge in [0.15, 0.2) is 0 Å². The highest BCUT2D eigenvalue weighted by Crippen LogP contribution is 2.29. The van der Waals surface area contributed by atoms with Crippen LogP contribution < -0.4 is 0 Å². The number of alkyl halides is 3. The average molecular weight is 305 g/mol. The maximum Gasteiger partial charge on any atom is 0.416 e. The van der Waals surface area contributed by atoms with Crippen LogP contribution in [-0.2, 0) is 19.1 Å². The minimum atomic E-state index is -4.34.